The molecule has 7 nitrogen and oxygen atoms in total. The number of nitro groups is 1. The minimum Gasteiger partial charge on any atom is -0.378 e. The van der Waals surface area contributed by atoms with Crippen LogP contribution in [0.2, 0.25) is 0 Å². The number of hydrogen-bond donors (Lipinski definition) is 1. The number of hydrogen-bond acceptors (Lipinski definition) is 6. The topological polar surface area (TPSA) is 84.7 Å². The lowest BCUT2D eigenvalue weighted by molar-refractivity contribution is -0.384. The third-order valence-electron chi connectivity index (χ3n) is 6.43. The lowest BCUT2D eigenvalue weighted by Gasteiger charge is -2.34. The Balaban J connectivity index is 1.84. The zero-order valence-corrected chi connectivity index (χ0v) is 21.1. The van der Waals surface area contributed by atoms with Gasteiger partial charge in [0.1, 0.15) is 11.5 Å². The predicted octanol–water partition coefficient (Wildman–Crippen LogP) is 6.72. The molecular formula is C27H32N3O4P. The van der Waals surface area contributed by atoms with E-state index < -0.39 is 18.1 Å². The maximum atomic E-state index is 15.1. The van der Waals surface area contributed by atoms with Gasteiger partial charge < -0.3 is 14.7 Å². The Bertz CT molecular complexity index is 1180. The third-order valence-corrected chi connectivity index (χ3v) is 9.17. The quantitative estimate of drug-likeness (QED) is 0.202. The molecule has 3 aromatic carbocycles. The Morgan fingerprint density at radius 1 is 0.943 bits per heavy atom. The van der Waals surface area contributed by atoms with Crippen molar-refractivity contribution in [3.63, 3.8) is 0 Å². The second-order valence-corrected chi connectivity index (χ2v) is 11.5. The second-order valence-electron chi connectivity index (χ2n) is 9.11. The average Bonchev–Trinajstić information content (AvgIpc) is 2.88. The molecule has 0 spiro atoms. The fraction of sp³-hybridized carbons (Fsp3) is 0.333. The highest BCUT2D eigenvalue weighted by molar-refractivity contribution is 7.67. The van der Waals surface area contributed by atoms with Gasteiger partial charge in [-0.3, -0.25) is 14.7 Å². The van der Waals surface area contributed by atoms with Gasteiger partial charge in [-0.25, -0.2) is 0 Å². The lowest BCUT2D eigenvalue weighted by atomic mass is 9.98. The molecule has 1 fully saturated rings. The van der Waals surface area contributed by atoms with E-state index >= 15 is 4.57 Å². The summed E-state index contributed by atoms with van der Waals surface area (Å²) in [6, 6.07) is 23.4. The number of anilines is 2. The largest absolute Gasteiger partial charge is 0.378 e. The molecule has 0 aromatic heterocycles. The second kappa shape index (κ2) is 11.1. The Morgan fingerprint density at radius 2 is 1.57 bits per heavy atom. The van der Waals surface area contributed by atoms with Crippen molar-refractivity contribution in [3.8, 4) is 0 Å². The minimum atomic E-state index is -3.59. The van der Waals surface area contributed by atoms with Crippen LogP contribution < -0.4 is 15.5 Å². The minimum absolute atomic E-state index is 0.0689. The maximum absolute atomic E-state index is 15.1. The van der Waals surface area contributed by atoms with Gasteiger partial charge in [-0.05, 0) is 48.7 Å². The van der Waals surface area contributed by atoms with Crippen molar-refractivity contribution >= 4 is 29.7 Å². The molecule has 184 valence electrons. The van der Waals surface area contributed by atoms with Gasteiger partial charge in [-0.15, -0.1) is 0 Å². The highest BCUT2D eigenvalue weighted by Crippen LogP contribution is 2.61. The van der Waals surface area contributed by atoms with E-state index in [-0.39, 0.29) is 11.8 Å². The monoisotopic (exact) mass is 493 g/mol. The maximum Gasteiger partial charge on any atom is 0.292 e. The van der Waals surface area contributed by atoms with Gasteiger partial charge in [-0.2, -0.15) is 0 Å². The number of nitrogens with zero attached hydrogens (tertiary/aromatic N) is 2. The Kier molecular flexibility index (Phi) is 7.89. The lowest BCUT2D eigenvalue weighted by Crippen LogP contribution is -2.26. The third kappa shape index (κ3) is 5.75. The number of rotatable bonds is 9. The molecule has 0 bridgehead atoms. The summed E-state index contributed by atoms with van der Waals surface area (Å²) >= 11 is 0. The zero-order valence-electron chi connectivity index (χ0n) is 20.2. The van der Waals surface area contributed by atoms with E-state index in [1.807, 2.05) is 73.6 Å². The molecule has 0 saturated heterocycles. The van der Waals surface area contributed by atoms with E-state index in [0.29, 0.717) is 11.0 Å². The number of nitro benzene ring substituents is 1. The van der Waals surface area contributed by atoms with Crippen molar-refractivity contribution in [1.82, 2.24) is 0 Å². The molecular weight excluding hydrogens is 461 g/mol. The van der Waals surface area contributed by atoms with Crippen LogP contribution in [0, 0.1) is 10.1 Å². The van der Waals surface area contributed by atoms with Crippen LogP contribution in [0.25, 0.3) is 0 Å². The molecule has 1 saturated carbocycles. The zero-order chi connectivity index (χ0) is 24.8. The van der Waals surface area contributed by atoms with E-state index in [1.54, 1.807) is 18.2 Å². The first kappa shape index (κ1) is 25.0. The standard InChI is InChI=1S/C27H32N3O4P/c1-29(2)22-17-19-24(20-18-22)35(33,34-23-13-7-4-8-14-23)27(21-11-5-3-6-12-21)28-25-15-9-10-16-26(25)30(31)32/h3,5-6,9-12,15-20,23,27-28H,4,7-8,13-14H2,1-2H3. The van der Waals surface area contributed by atoms with Crippen LogP contribution in [0.4, 0.5) is 17.1 Å². The molecule has 1 aliphatic rings. The number of benzene rings is 3. The van der Waals surface area contributed by atoms with Crippen LogP contribution in [0.3, 0.4) is 0 Å². The van der Waals surface area contributed by atoms with E-state index in [4.69, 9.17) is 4.52 Å². The number of para-hydroxylation sites is 2. The van der Waals surface area contributed by atoms with Crippen LogP contribution >= 0.6 is 7.37 Å². The van der Waals surface area contributed by atoms with E-state index in [1.165, 1.54) is 6.07 Å². The molecule has 4 rings (SSSR count). The van der Waals surface area contributed by atoms with Crippen molar-refractivity contribution < 1.29 is 14.0 Å². The van der Waals surface area contributed by atoms with Gasteiger partial charge in [-0.1, -0.05) is 61.7 Å². The van der Waals surface area contributed by atoms with Gasteiger partial charge in [0.15, 0.2) is 0 Å². The summed E-state index contributed by atoms with van der Waals surface area (Å²) in [4.78, 5) is 13.3. The van der Waals surface area contributed by atoms with Gasteiger partial charge in [0.05, 0.1) is 11.0 Å². The molecule has 1 aliphatic carbocycles. The first-order chi connectivity index (χ1) is 16.9. The van der Waals surface area contributed by atoms with Crippen LogP contribution in [-0.4, -0.2) is 25.1 Å². The van der Waals surface area contributed by atoms with Crippen LogP contribution in [-0.2, 0) is 9.09 Å². The SMILES string of the molecule is CN(C)c1ccc(P(=O)(OC2CCCCC2)C(Nc2ccccc2[N+](=O)[O-])c2ccccc2)cc1. The van der Waals surface area contributed by atoms with Gasteiger partial charge >= 0.3 is 0 Å². The van der Waals surface area contributed by atoms with Crippen LogP contribution in [0.5, 0.6) is 0 Å². The summed E-state index contributed by atoms with van der Waals surface area (Å²) in [5, 5.41) is 15.6. The van der Waals surface area contributed by atoms with Crippen LogP contribution in [0.1, 0.15) is 43.5 Å². The fourth-order valence-electron chi connectivity index (χ4n) is 4.52. The van der Waals surface area contributed by atoms with Crippen molar-refractivity contribution in [3.05, 3.63) is 94.5 Å². The normalized spacial score (nSPS) is 16.7. The summed E-state index contributed by atoms with van der Waals surface area (Å²) < 4.78 is 21.6. The molecule has 0 heterocycles. The summed E-state index contributed by atoms with van der Waals surface area (Å²) in [6.45, 7) is 0. The predicted molar refractivity (Wildman–Crippen MR) is 142 cm³/mol. The Hall–Kier alpha value is -3.15. The van der Waals surface area contributed by atoms with Gasteiger partial charge in [0.2, 0.25) is 0 Å². The van der Waals surface area contributed by atoms with Gasteiger partial charge in [0.25, 0.3) is 13.1 Å². The molecule has 0 radical (unpaired) electrons. The summed E-state index contributed by atoms with van der Waals surface area (Å²) in [5.41, 5.74) is 1.98. The molecule has 0 amide bonds. The summed E-state index contributed by atoms with van der Waals surface area (Å²) in [7, 11) is 0.319. The van der Waals surface area contributed by atoms with Crippen LogP contribution in [0.15, 0.2) is 78.9 Å². The summed E-state index contributed by atoms with van der Waals surface area (Å²) in [5.74, 6) is -0.795. The van der Waals surface area contributed by atoms with Crippen molar-refractivity contribution in [2.45, 2.75) is 44.0 Å². The fourth-order valence-corrected chi connectivity index (χ4v) is 7.16. The van der Waals surface area contributed by atoms with E-state index in [0.717, 1.165) is 43.4 Å². The molecule has 0 aliphatic heterocycles. The highest BCUT2D eigenvalue weighted by Gasteiger charge is 2.41. The van der Waals surface area contributed by atoms with Gasteiger partial charge in [0, 0.05) is 31.2 Å². The molecule has 2 unspecified atom stereocenters. The molecule has 35 heavy (non-hydrogen) atoms. The van der Waals surface area contributed by atoms with E-state index in [9.17, 15) is 10.1 Å². The highest BCUT2D eigenvalue weighted by atomic mass is 31.2. The van der Waals surface area contributed by atoms with Crippen molar-refractivity contribution in [1.29, 1.82) is 0 Å². The molecule has 8 heteroatoms. The smallest absolute Gasteiger partial charge is 0.292 e. The van der Waals surface area contributed by atoms with E-state index in [2.05, 4.69) is 5.32 Å². The molecule has 3 aromatic rings. The molecule has 2 atom stereocenters. The average molecular weight is 494 g/mol. The van der Waals surface area contributed by atoms with Crippen molar-refractivity contribution in [2.24, 2.45) is 0 Å². The summed E-state index contributed by atoms with van der Waals surface area (Å²) in [6.07, 6.45) is 4.81. The first-order valence-electron chi connectivity index (χ1n) is 12.0. The Labute approximate surface area is 206 Å². The Morgan fingerprint density at radius 3 is 2.20 bits per heavy atom. The number of nitrogens with one attached hydrogen (secondary N) is 1. The first-order valence-corrected chi connectivity index (χ1v) is 13.7. The molecule has 1 N–H and O–H groups in total. The van der Waals surface area contributed by atoms with Crippen molar-refractivity contribution in [2.75, 3.05) is 24.3 Å².